The number of anilines is 2. The molecular weight excluding hydrogens is 243 g/mol. The fraction of sp³-hybridized carbons (Fsp3) is 0. The van der Waals surface area contributed by atoms with Crippen LogP contribution >= 0.6 is 11.6 Å². The van der Waals surface area contributed by atoms with Gasteiger partial charge in [-0.2, -0.15) is 5.26 Å². The predicted octanol–water partition coefficient (Wildman–Crippen LogP) is 2.88. The fourth-order valence-electron chi connectivity index (χ4n) is 1.25. The van der Waals surface area contributed by atoms with Crippen LogP contribution in [-0.2, 0) is 0 Å². The number of hydrogen-bond acceptors (Lipinski definition) is 4. The minimum atomic E-state index is -0.439. The van der Waals surface area contributed by atoms with E-state index in [2.05, 4.69) is 15.3 Å². The third kappa shape index (κ3) is 2.32. The van der Waals surface area contributed by atoms with Crippen LogP contribution in [0.15, 0.2) is 30.6 Å². The molecule has 0 aliphatic rings. The van der Waals surface area contributed by atoms with Crippen LogP contribution in [0.1, 0.15) is 5.56 Å². The molecule has 2 rings (SSSR count). The molecule has 0 saturated heterocycles. The highest BCUT2D eigenvalue weighted by molar-refractivity contribution is 6.30. The molecular formula is C11H6ClFN4. The average molecular weight is 249 g/mol. The Bertz CT molecular complexity index is 594. The summed E-state index contributed by atoms with van der Waals surface area (Å²) in [6, 6.07) is 7.93. The Morgan fingerprint density at radius 3 is 2.76 bits per heavy atom. The summed E-state index contributed by atoms with van der Waals surface area (Å²) >= 11 is 5.73. The van der Waals surface area contributed by atoms with E-state index in [0.717, 1.165) is 0 Å². The molecule has 0 bridgehead atoms. The maximum Gasteiger partial charge on any atom is 0.153 e. The molecule has 0 radical (unpaired) electrons. The molecule has 1 heterocycles. The Morgan fingerprint density at radius 2 is 2.06 bits per heavy atom. The molecule has 1 N–H and O–H groups in total. The van der Waals surface area contributed by atoms with E-state index in [0.29, 0.717) is 0 Å². The van der Waals surface area contributed by atoms with Crippen molar-refractivity contribution in [2.24, 2.45) is 0 Å². The zero-order chi connectivity index (χ0) is 12.3. The lowest BCUT2D eigenvalue weighted by Gasteiger charge is -2.07. The molecule has 2 aromatic rings. The van der Waals surface area contributed by atoms with Crippen molar-refractivity contribution >= 4 is 23.1 Å². The lowest BCUT2D eigenvalue weighted by Crippen LogP contribution is -2.00. The molecule has 0 unspecified atom stereocenters. The number of nitrogens with one attached hydrogen (secondary N) is 1. The van der Waals surface area contributed by atoms with Crippen molar-refractivity contribution in [2.75, 3.05) is 5.32 Å². The van der Waals surface area contributed by atoms with Gasteiger partial charge in [-0.25, -0.2) is 14.4 Å². The molecule has 84 valence electrons. The number of para-hydroxylation sites is 1. The van der Waals surface area contributed by atoms with Gasteiger partial charge in [0.2, 0.25) is 0 Å². The van der Waals surface area contributed by atoms with Crippen LogP contribution in [0.25, 0.3) is 0 Å². The van der Waals surface area contributed by atoms with Crippen molar-refractivity contribution in [3.63, 3.8) is 0 Å². The highest BCUT2D eigenvalue weighted by Gasteiger charge is 2.10. The first-order valence-electron chi connectivity index (χ1n) is 4.64. The lowest BCUT2D eigenvalue weighted by molar-refractivity contribution is 0.632. The van der Waals surface area contributed by atoms with Gasteiger partial charge in [0, 0.05) is 0 Å². The van der Waals surface area contributed by atoms with Gasteiger partial charge < -0.3 is 5.32 Å². The average Bonchev–Trinajstić information content (AvgIpc) is 2.32. The highest BCUT2D eigenvalue weighted by Crippen LogP contribution is 2.23. The summed E-state index contributed by atoms with van der Waals surface area (Å²) in [7, 11) is 0. The van der Waals surface area contributed by atoms with E-state index in [9.17, 15) is 4.39 Å². The van der Waals surface area contributed by atoms with Crippen LogP contribution in [0.5, 0.6) is 0 Å². The Balaban J connectivity index is 2.41. The summed E-state index contributed by atoms with van der Waals surface area (Å²) in [4.78, 5) is 7.52. The van der Waals surface area contributed by atoms with Crippen molar-refractivity contribution < 1.29 is 4.39 Å². The van der Waals surface area contributed by atoms with Crippen LogP contribution in [0.4, 0.5) is 15.9 Å². The van der Waals surface area contributed by atoms with E-state index in [1.807, 2.05) is 6.07 Å². The molecule has 0 saturated carbocycles. The van der Waals surface area contributed by atoms with E-state index < -0.39 is 5.82 Å². The molecule has 0 fully saturated rings. The third-order valence-electron chi connectivity index (χ3n) is 2.04. The number of halogens is 2. The van der Waals surface area contributed by atoms with Gasteiger partial charge in [-0.3, -0.25) is 0 Å². The first-order valence-corrected chi connectivity index (χ1v) is 5.02. The quantitative estimate of drug-likeness (QED) is 0.830. The maximum absolute atomic E-state index is 13.4. The van der Waals surface area contributed by atoms with Crippen molar-refractivity contribution in [1.29, 1.82) is 5.26 Å². The molecule has 6 heteroatoms. The predicted molar refractivity (Wildman–Crippen MR) is 61.4 cm³/mol. The van der Waals surface area contributed by atoms with Gasteiger partial charge in [0.15, 0.2) is 11.0 Å². The van der Waals surface area contributed by atoms with E-state index in [-0.39, 0.29) is 22.2 Å². The van der Waals surface area contributed by atoms with Crippen molar-refractivity contribution in [3.05, 3.63) is 47.1 Å². The van der Waals surface area contributed by atoms with Crippen molar-refractivity contribution in [2.45, 2.75) is 0 Å². The Hall–Kier alpha value is -2.19. The molecule has 17 heavy (non-hydrogen) atoms. The highest BCUT2D eigenvalue weighted by atomic mass is 35.5. The molecule has 4 nitrogen and oxygen atoms in total. The molecule has 0 aliphatic heterocycles. The van der Waals surface area contributed by atoms with Crippen molar-refractivity contribution in [1.82, 2.24) is 9.97 Å². The summed E-state index contributed by atoms with van der Waals surface area (Å²) in [5.74, 6) is -0.260. The molecule has 1 aromatic carbocycles. The Labute approximate surface area is 102 Å². The summed E-state index contributed by atoms with van der Waals surface area (Å²) in [5.41, 5.74) is 0.302. The topological polar surface area (TPSA) is 61.6 Å². The van der Waals surface area contributed by atoms with E-state index in [4.69, 9.17) is 16.9 Å². The number of hydrogen-bond donors (Lipinski definition) is 1. The van der Waals surface area contributed by atoms with Crippen molar-refractivity contribution in [3.8, 4) is 6.07 Å². The number of rotatable bonds is 2. The minimum absolute atomic E-state index is 0.0290. The second kappa shape index (κ2) is 4.76. The molecule has 0 atom stereocenters. The molecule has 0 amide bonds. The Morgan fingerprint density at radius 1 is 1.29 bits per heavy atom. The number of nitriles is 1. The van der Waals surface area contributed by atoms with Gasteiger partial charge in [-0.15, -0.1) is 0 Å². The normalized spacial score (nSPS) is 9.71. The van der Waals surface area contributed by atoms with E-state index >= 15 is 0 Å². The first-order chi connectivity index (χ1) is 8.22. The van der Waals surface area contributed by atoms with Gasteiger partial charge in [-0.05, 0) is 12.1 Å². The second-order valence-corrected chi connectivity index (χ2v) is 3.46. The summed E-state index contributed by atoms with van der Waals surface area (Å²) in [6.07, 6.45) is 1.20. The lowest BCUT2D eigenvalue weighted by atomic mass is 10.3. The minimum Gasteiger partial charge on any atom is -0.337 e. The van der Waals surface area contributed by atoms with Crippen LogP contribution < -0.4 is 5.32 Å². The number of aromatic nitrogens is 2. The van der Waals surface area contributed by atoms with Gasteiger partial charge in [0.05, 0.1) is 5.69 Å². The standard InChI is InChI=1S/C11H6ClFN4/c12-10-7(5-14)11(16-6-15-10)17-9-4-2-1-3-8(9)13/h1-4,6H,(H,15,16,17). The van der Waals surface area contributed by atoms with Gasteiger partial charge >= 0.3 is 0 Å². The number of benzene rings is 1. The monoisotopic (exact) mass is 248 g/mol. The smallest absolute Gasteiger partial charge is 0.153 e. The zero-order valence-electron chi connectivity index (χ0n) is 8.48. The SMILES string of the molecule is N#Cc1c(Cl)ncnc1Nc1ccccc1F. The molecule has 0 aliphatic carbocycles. The maximum atomic E-state index is 13.4. The summed E-state index contributed by atoms with van der Waals surface area (Å²) in [6.45, 7) is 0. The Kier molecular flexibility index (Phi) is 3.17. The van der Waals surface area contributed by atoms with Gasteiger partial charge in [0.25, 0.3) is 0 Å². The van der Waals surface area contributed by atoms with Crippen LogP contribution in [0.3, 0.4) is 0 Å². The third-order valence-corrected chi connectivity index (χ3v) is 2.33. The number of nitrogens with zero attached hydrogens (tertiary/aromatic N) is 3. The fourth-order valence-corrected chi connectivity index (χ4v) is 1.42. The summed E-state index contributed by atoms with van der Waals surface area (Å²) < 4.78 is 13.4. The van der Waals surface area contributed by atoms with Gasteiger partial charge in [-0.1, -0.05) is 23.7 Å². The first kappa shape index (κ1) is 11.3. The van der Waals surface area contributed by atoms with Crippen LogP contribution in [0.2, 0.25) is 5.15 Å². The second-order valence-electron chi connectivity index (χ2n) is 3.10. The largest absolute Gasteiger partial charge is 0.337 e. The zero-order valence-corrected chi connectivity index (χ0v) is 9.24. The van der Waals surface area contributed by atoms with E-state index in [1.165, 1.54) is 18.5 Å². The molecule has 0 spiro atoms. The summed E-state index contributed by atoms with van der Waals surface area (Å²) in [5, 5.41) is 11.6. The van der Waals surface area contributed by atoms with Gasteiger partial charge in [0.1, 0.15) is 23.8 Å². The molecule has 1 aromatic heterocycles. The van der Waals surface area contributed by atoms with Crippen LogP contribution in [0, 0.1) is 17.1 Å². The van der Waals surface area contributed by atoms with Crippen LogP contribution in [-0.4, -0.2) is 9.97 Å². The van der Waals surface area contributed by atoms with E-state index in [1.54, 1.807) is 12.1 Å².